The molecular formula is C17H14FN7O2S. The van der Waals surface area contributed by atoms with Crippen LogP contribution in [-0.2, 0) is 4.79 Å². The van der Waals surface area contributed by atoms with Crippen molar-refractivity contribution in [3.8, 4) is 5.69 Å². The first-order valence-corrected chi connectivity index (χ1v) is 9.11. The first-order chi connectivity index (χ1) is 13.5. The molecule has 0 spiro atoms. The average Bonchev–Trinajstić information content (AvgIpc) is 3.26. The molecule has 0 saturated carbocycles. The van der Waals surface area contributed by atoms with Crippen molar-refractivity contribution in [1.29, 1.82) is 0 Å². The van der Waals surface area contributed by atoms with Gasteiger partial charge in [0.2, 0.25) is 11.1 Å². The van der Waals surface area contributed by atoms with Crippen molar-refractivity contribution in [2.75, 3.05) is 5.32 Å². The Bertz CT molecular complexity index is 1220. The molecule has 2 aromatic heterocycles. The summed E-state index contributed by atoms with van der Waals surface area (Å²) in [6.07, 6.45) is 0. The molecule has 2 aromatic carbocycles. The maximum atomic E-state index is 13.5. The molecule has 0 radical (unpaired) electrons. The highest BCUT2D eigenvalue weighted by molar-refractivity contribution is 8.00. The number of carbonyl (C=O) groups is 1. The van der Waals surface area contributed by atoms with E-state index < -0.39 is 11.1 Å². The summed E-state index contributed by atoms with van der Waals surface area (Å²) in [7, 11) is 0. The van der Waals surface area contributed by atoms with Gasteiger partial charge in [-0.2, -0.15) is 4.68 Å². The van der Waals surface area contributed by atoms with Crippen LogP contribution in [0.15, 0.2) is 52.4 Å². The molecule has 0 unspecified atom stereocenters. The fourth-order valence-corrected chi connectivity index (χ4v) is 3.40. The Morgan fingerprint density at radius 3 is 2.86 bits per heavy atom. The summed E-state index contributed by atoms with van der Waals surface area (Å²) in [6, 6.07) is 10.9. The van der Waals surface area contributed by atoms with Gasteiger partial charge >= 0.3 is 5.69 Å². The standard InChI is InChI=1S/C17H14FN7O2S/c1-9(15(26)19-11-5-6-13-14(8-11)21-16(27)20-13)28-17-22-23-24-25(17)12-4-2-3-10(18)7-12/h2-9H,1H3,(H,19,26)(H2,20,21,27)/t9-/m0/s1. The van der Waals surface area contributed by atoms with E-state index in [1.807, 2.05) is 0 Å². The van der Waals surface area contributed by atoms with Crippen LogP contribution in [0.25, 0.3) is 16.7 Å². The summed E-state index contributed by atoms with van der Waals surface area (Å²) in [5.74, 6) is -0.677. The lowest BCUT2D eigenvalue weighted by atomic mass is 10.2. The molecule has 4 rings (SSSR count). The van der Waals surface area contributed by atoms with E-state index >= 15 is 0 Å². The third-order valence-corrected chi connectivity index (χ3v) is 4.96. The number of thioether (sulfide) groups is 1. The van der Waals surface area contributed by atoms with Gasteiger partial charge < -0.3 is 15.3 Å². The van der Waals surface area contributed by atoms with E-state index in [-0.39, 0.29) is 11.6 Å². The number of amides is 1. The van der Waals surface area contributed by atoms with Crippen LogP contribution in [0.2, 0.25) is 0 Å². The lowest BCUT2D eigenvalue weighted by Crippen LogP contribution is -2.22. The number of halogens is 1. The number of H-pyrrole nitrogens is 2. The second-order valence-electron chi connectivity index (χ2n) is 5.94. The number of rotatable bonds is 5. The number of anilines is 1. The fourth-order valence-electron chi connectivity index (χ4n) is 2.59. The highest BCUT2D eigenvalue weighted by Gasteiger charge is 2.20. The quantitative estimate of drug-likeness (QED) is 0.442. The first kappa shape index (κ1) is 17.9. The molecule has 0 aliphatic rings. The maximum Gasteiger partial charge on any atom is 0.323 e. The Morgan fingerprint density at radius 1 is 1.21 bits per heavy atom. The van der Waals surface area contributed by atoms with Gasteiger partial charge in [0.1, 0.15) is 5.82 Å². The van der Waals surface area contributed by atoms with E-state index in [1.54, 1.807) is 37.3 Å². The molecule has 2 heterocycles. The number of fused-ring (bicyclic) bond motifs is 1. The SMILES string of the molecule is C[C@H](Sc1nnnn1-c1cccc(F)c1)C(=O)Nc1ccc2[nH]c(=O)[nH]c2c1. The van der Waals surface area contributed by atoms with Crippen molar-refractivity contribution in [2.24, 2.45) is 0 Å². The predicted octanol–water partition coefficient (Wildman–Crippen LogP) is 2.09. The Morgan fingerprint density at radius 2 is 2.04 bits per heavy atom. The van der Waals surface area contributed by atoms with Gasteiger partial charge in [0.25, 0.3) is 0 Å². The summed E-state index contributed by atoms with van der Waals surface area (Å²) in [6.45, 7) is 1.71. The zero-order valence-electron chi connectivity index (χ0n) is 14.5. The number of benzene rings is 2. The monoisotopic (exact) mass is 399 g/mol. The number of nitrogens with zero attached hydrogens (tertiary/aromatic N) is 4. The molecule has 11 heteroatoms. The molecule has 1 amide bonds. The minimum absolute atomic E-state index is 0.268. The smallest absolute Gasteiger partial charge is 0.323 e. The van der Waals surface area contributed by atoms with E-state index in [4.69, 9.17) is 0 Å². The highest BCUT2D eigenvalue weighted by Crippen LogP contribution is 2.24. The zero-order chi connectivity index (χ0) is 19.7. The normalized spacial score (nSPS) is 12.2. The minimum atomic E-state index is -0.528. The summed E-state index contributed by atoms with van der Waals surface area (Å²) >= 11 is 1.14. The third kappa shape index (κ3) is 3.64. The number of hydrogen-bond acceptors (Lipinski definition) is 6. The second kappa shape index (κ2) is 7.27. The largest absolute Gasteiger partial charge is 0.325 e. The molecule has 9 nitrogen and oxygen atoms in total. The van der Waals surface area contributed by atoms with Crippen LogP contribution in [0, 0.1) is 5.82 Å². The van der Waals surface area contributed by atoms with Crippen LogP contribution in [0.3, 0.4) is 0 Å². The van der Waals surface area contributed by atoms with Crippen LogP contribution in [-0.4, -0.2) is 41.3 Å². The molecular weight excluding hydrogens is 385 g/mol. The van der Waals surface area contributed by atoms with Gasteiger partial charge in [-0.1, -0.05) is 17.8 Å². The summed E-state index contributed by atoms with van der Waals surface area (Å²) in [5.41, 5.74) is 1.94. The van der Waals surface area contributed by atoms with Gasteiger partial charge in [-0.15, -0.1) is 5.10 Å². The fraction of sp³-hybridized carbons (Fsp3) is 0.118. The van der Waals surface area contributed by atoms with Crippen molar-refractivity contribution in [3.05, 3.63) is 58.8 Å². The first-order valence-electron chi connectivity index (χ1n) is 8.23. The molecule has 0 aliphatic heterocycles. The molecule has 1 atom stereocenters. The number of hydrogen-bond donors (Lipinski definition) is 3. The lowest BCUT2D eigenvalue weighted by Gasteiger charge is -2.12. The molecule has 3 N–H and O–H groups in total. The summed E-state index contributed by atoms with van der Waals surface area (Å²) in [5, 5.41) is 14.0. The van der Waals surface area contributed by atoms with E-state index in [0.717, 1.165) is 11.8 Å². The van der Waals surface area contributed by atoms with Gasteiger partial charge in [-0.05, 0) is 53.7 Å². The number of carbonyl (C=O) groups excluding carboxylic acids is 1. The Hall–Kier alpha value is -3.47. The number of aromatic amines is 2. The van der Waals surface area contributed by atoms with E-state index in [2.05, 4.69) is 30.8 Å². The Balaban J connectivity index is 1.49. The van der Waals surface area contributed by atoms with Gasteiger partial charge in [0.05, 0.1) is 22.0 Å². The topological polar surface area (TPSA) is 121 Å². The maximum absolute atomic E-state index is 13.5. The van der Waals surface area contributed by atoms with Crippen molar-refractivity contribution < 1.29 is 9.18 Å². The predicted molar refractivity (Wildman–Crippen MR) is 102 cm³/mol. The lowest BCUT2D eigenvalue weighted by molar-refractivity contribution is -0.115. The molecule has 142 valence electrons. The third-order valence-electron chi connectivity index (χ3n) is 3.93. The molecule has 0 bridgehead atoms. The van der Waals surface area contributed by atoms with Crippen LogP contribution >= 0.6 is 11.8 Å². The van der Waals surface area contributed by atoms with Crippen LogP contribution < -0.4 is 11.0 Å². The molecule has 28 heavy (non-hydrogen) atoms. The highest BCUT2D eigenvalue weighted by atomic mass is 32.2. The van der Waals surface area contributed by atoms with Crippen molar-refractivity contribution >= 4 is 34.4 Å². The van der Waals surface area contributed by atoms with Gasteiger partial charge in [-0.25, -0.2) is 9.18 Å². The van der Waals surface area contributed by atoms with Gasteiger partial charge in [-0.3, -0.25) is 4.79 Å². The molecule has 4 aromatic rings. The molecule has 0 fully saturated rings. The zero-order valence-corrected chi connectivity index (χ0v) is 15.3. The second-order valence-corrected chi connectivity index (χ2v) is 7.25. The number of nitrogens with one attached hydrogen (secondary N) is 3. The van der Waals surface area contributed by atoms with Gasteiger partial charge in [0.15, 0.2) is 0 Å². The van der Waals surface area contributed by atoms with E-state index in [9.17, 15) is 14.0 Å². The van der Waals surface area contributed by atoms with Crippen LogP contribution in [0.1, 0.15) is 6.92 Å². The average molecular weight is 399 g/mol. The summed E-state index contributed by atoms with van der Waals surface area (Å²) < 4.78 is 14.8. The number of aromatic nitrogens is 6. The minimum Gasteiger partial charge on any atom is -0.325 e. The van der Waals surface area contributed by atoms with Gasteiger partial charge in [0, 0.05) is 5.69 Å². The van der Waals surface area contributed by atoms with Crippen molar-refractivity contribution in [3.63, 3.8) is 0 Å². The van der Waals surface area contributed by atoms with Crippen molar-refractivity contribution in [1.82, 2.24) is 30.2 Å². The Kier molecular flexibility index (Phi) is 4.65. The van der Waals surface area contributed by atoms with Crippen LogP contribution in [0.4, 0.5) is 10.1 Å². The Labute approximate surface area is 161 Å². The van der Waals surface area contributed by atoms with E-state index in [0.29, 0.717) is 27.6 Å². The van der Waals surface area contributed by atoms with Crippen LogP contribution in [0.5, 0.6) is 0 Å². The molecule has 0 saturated heterocycles. The number of imidazole rings is 1. The number of tetrazole rings is 1. The summed E-state index contributed by atoms with van der Waals surface area (Å²) in [4.78, 5) is 29.1. The van der Waals surface area contributed by atoms with E-state index in [1.165, 1.54) is 16.8 Å². The molecule has 0 aliphatic carbocycles. The van der Waals surface area contributed by atoms with Crippen molar-refractivity contribution in [2.45, 2.75) is 17.3 Å².